The molecule has 5 nitrogen and oxygen atoms in total. The summed E-state index contributed by atoms with van der Waals surface area (Å²) in [6.07, 6.45) is -2.34. The first-order valence-electron chi connectivity index (χ1n) is 3.56. The summed E-state index contributed by atoms with van der Waals surface area (Å²) in [5, 5.41) is 28.8. The zero-order valence-corrected chi connectivity index (χ0v) is 6.90. The Labute approximate surface area is 71.0 Å². The quantitative estimate of drug-likeness (QED) is 0.400. The van der Waals surface area contributed by atoms with Gasteiger partial charge in [-0.25, -0.2) is 0 Å². The van der Waals surface area contributed by atoms with E-state index in [0.717, 1.165) is 0 Å². The zero-order chi connectivity index (χ0) is 9.72. The molecule has 0 aliphatic rings. The second-order valence-corrected chi connectivity index (χ2v) is 2.54. The van der Waals surface area contributed by atoms with Crippen LogP contribution in [0.5, 0.6) is 0 Å². The van der Waals surface area contributed by atoms with E-state index in [1.807, 2.05) is 0 Å². The molecule has 0 bridgehead atoms. The standard InChI is InChI=1S/C7H14NO4/c1-4(10)7(6(12)3-9)8-5(2)11/h4,6-7,9-10,12H,1,3H2,2H3,(H,8,11). The van der Waals surface area contributed by atoms with Crippen molar-refractivity contribution < 1.29 is 20.1 Å². The monoisotopic (exact) mass is 176 g/mol. The molecule has 0 heterocycles. The van der Waals surface area contributed by atoms with E-state index >= 15 is 0 Å². The zero-order valence-electron chi connectivity index (χ0n) is 6.90. The van der Waals surface area contributed by atoms with Crippen LogP contribution >= 0.6 is 0 Å². The van der Waals surface area contributed by atoms with Crippen molar-refractivity contribution in [3.8, 4) is 0 Å². The van der Waals surface area contributed by atoms with Gasteiger partial charge in [-0.1, -0.05) is 0 Å². The van der Waals surface area contributed by atoms with Crippen LogP contribution in [0.4, 0.5) is 0 Å². The van der Waals surface area contributed by atoms with Gasteiger partial charge in [0.25, 0.3) is 0 Å². The van der Waals surface area contributed by atoms with Crippen molar-refractivity contribution in [3.05, 3.63) is 6.92 Å². The van der Waals surface area contributed by atoms with E-state index in [1.165, 1.54) is 6.92 Å². The van der Waals surface area contributed by atoms with Crippen molar-refractivity contribution >= 4 is 5.91 Å². The lowest BCUT2D eigenvalue weighted by atomic mass is 10.1. The highest BCUT2D eigenvalue weighted by molar-refractivity contribution is 5.73. The lowest BCUT2D eigenvalue weighted by Crippen LogP contribution is -2.50. The summed E-state index contributed by atoms with van der Waals surface area (Å²) in [6, 6.07) is -0.924. The fourth-order valence-corrected chi connectivity index (χ4v) is 0.797. The fourth-order valence-electron chi connectivity index (χ4n) is 0.797. The van der Waals surface area contributed by atoms with Gasteiger partial charge >= 0.3 is 0 Å². The largest absolute Gasteiger partial charge is 0.394 e. The molecule has 3 atom stereocenters. The second kappa shape index (κ2) is 5.08. The summed E-state index contributed by atoms with van der Waals surface area (Å²) in [4.78, 5) is 10.5. The highest BCUT2D eigenvalue weighted by Gasteiger charge is 2.23. The first kappa shape index (κ1) is 11.4. The molecule has 0 spiro atoms. The van der Waals surface area contributed by atoms with Gasteiger partial charge in [0, 0.05) is 6.92 Å². The van der Waals surface area contributed by atoms with Crippen LogP contribution < -0.4 is 5.32 Å². The Bertz CT molecular complexity index is 148. The van der Waals surface area contributed by atoms with Crippen LogP contribution in [0.15, 0.2) is 0 Å². The molecular weight excluding hydrogens is 162 g/mol. The molecule has 0 saturated heterocycles. The predicted octanol–water partition coefficient (Wildman–Crippen LogP) is -1.96. The SMILES string of the molecule is [CH2]C(O)C(NC(C)=O)C(O)CO. The number of amides is 1. The summed E-state index contributed by atoms with van der Waals surface area (Å²) < 4.78 is 0. The number of aliphatic hydroxyl groups excluding tert-OH is 3. The Kier molecular flexibility index (Phi) is 4.80. The summed E-state index contributed by atoms with van der Waals surface area (Å²) >= 11 is 0. The van der Waals surface area contributed by atoms with Gasteiger partial charge in [-0.15, -0.1) is 0 Å². The second-order valence-electron chi connectivity index (χ2n) is 2.54. The lowest BCUT2D eigenvalue weighted by molar-refractivity contribution is -0.121. The van der Waals surface area contributed by atoms with Gasteiger partial charge in [-0.2, -0.15) is 0 Å². The third-order valence-corrected chi connectivity index (χ3v) is 1.39. The van der Waals surface area contributed by atoms with Gasteiger partial charge in [0.2, 0.25) is 5.91 Å². The molecule has 0 aliphatic heterocycles. The molecule has 1 amide bonds. The van der Waals surface area contributed by atoms with Crippen LogP contribution in [-0.4, -0.2) is 46.1 Å². The summed E-state index contributed by atoms with van der Waals surface area (Å²) in [6.45, 7) is 3.95. The Morgan fingerprint density at radius 3 is 2.33 bits per heavy atom. The maximum Gasteiger partial charge on any atom is 0.217 e. The molecule has 5 heteroatoms. The highest BCUT2D eigenvalue weighted by Crippen LogP contribution is 1.98. The average Bonchev–Trinajstić information content (AvgIpc) is 1.98. The van der Waals surface area contributed by atoms with Crippen LogP contribution in [0.2, 0.25) is 0 Å². The minimum absolute atomic E-state index is 0.393. The fraction of sp³-hybridized carbons (Fsp3) is 0.714. The molecule has 0 saturated carbocycles. The number of aliphatic hydroxyl groups is 3. The van der Waals surface area contributed by atoms with Gasteiger partial charge in [-0.3, -0.25) is 4.79 Å². The number of nitrogens with one attached hydrogen (secondary N) is 1. The third kappa shape index (κ3) is 3.66. The van der Waals surface area contributed by atoms with E-state index in [-0.39, 0.29) is 0 Å². The van der Waals surface area contributed by atoms with Crippen molar-refractivity contribution in [1.29, 1.82) is 0 Å². The van der Waals surface area contributed by atoms with Crippen molar-refractivity contribution in [2.24, 2.45) is 0 Å². The van der Waals surface area contributed by atoms with Crippen LogP contribution in [0, 0.1) is 6.92 Å². The van der Waals surface area contributed by atoms with Crippen LogP contribution in [0.3, 0.4) is 0 Å². The molecule has 0 rings (SSSR count). The highest BCUT2D eigenvalue weighted by atomic mass is 16.3. The van der Waals surface area contributed by atoms with Crippen LogP contribution in [0.25, 0.3) is 0 Å². The van der Waals surface area contributed by atoms with Gasteiger partial charge in [0.05, 0.1) is 24.9 Å². The maximum absolute atomic E-state index is 10.5. The molecule has 1 radical (unpaired) electrons. The molecule has 71 valence electrons. The van der Waals surface area contributed by atoms with E-state index in [4.69, 9.17) is 15.3 Å². The van der Waals surface area contributed by atoms with E-state index in [0.29, 0.717) is 0 Å². The molecule has 0 aromatic carbocycles. The molecule has 3 unspecified atom stereocenters. The van der Waals surface area contributed by atoms with E-state index < -0.39 is 30.8 Å². The first-order chi connectivity index (χ1) is 5.49. The number of hydrogen-bond donors (Lipinski definition) is 4. The minimum Gasteiger partial charge on any atom is -0.394 e. The predicted molar refractivity (Wildman–Crippen MR) is 42.1 cm³/mol. The molecule has 0 aliphatic carbocycles. The van der Waals surface area contributed by atoms with Gasteiger partial charge in [-0.05, 0) is 6.92 Å². The van der Waals surface area contributed by atoms with Crippen molar-refractivity contribution in [3.63, 3.8) is 0 Å². The Hall–Kier alpha value is -0.650. The Balaban J connectivity index is 4.12. The van der Waals surface area contributed by atoms with Gasteiger partial charge in [0.15, 0.2) is 0 Å². The lowest BCUT2D eigenvalue weighted by Gasteiger charge is -2.24. The van der Waals surface area contributed by atoms with Crippen molar-refractivity contribution in [2.45, 2.75) is 25.2 Å². The van der Waals surface area contributed by atoms with Crippen LogP contribution in [-0.2, 0) is 4.79 Å². The van der Waals surface area contributed by atoms with Crippen molar-refractivity contribution in [1.82, 2.24) is 5.32 Å². The van der Waals surface area contributed by atoms with E-state index in [1.54, 1.807) is 0 Å². The number of hydrogen-bond acceptors (Lipinski definition) is 4. The summed E-state index contributed by atoms with van der Waals surface area (Å²) in [7, 11) is 0. The van der Waals surface area contributed by atoms with Crippen molar-refractivity contribution in [2.75, 3.05) is 6.61 Å². The van der Waals surface area contributed by atoms with Crippen LogP contribution in [0.1, 0.15) is 6.92 Å². The molecule has 4 N–H and O–H groups in total. The number of carbonyl (C=O) groups is 1. The number of rotatable bonds is 4. The third-order valence-electron chi connectivity index (χ3n) is 1.39. The molecular formula is C7H14NO4. The molecule has 0 aromatic heterocycles. The summed E-state index contributed by atoms with van der Waals surface area (Å²) in [5.74, 6) is -0.393. The minimum atomic E-state index is -1.19. The smallest absolute Gasteiger partial charge is 0.217 e. The Morgan fingerprint density at radius 1 is 1.58 bits per heavy atom. The summed E-state index contributed by atoms with van der Waals surface area (Å²) in [5.41, 5.74) is 0. The maximum atomic E-state index is 10.5. The van der Waals surface area contributed by atoms with E-state index in [2.05, 4.69) is 12.2 Å². The van der Waals surface area contributed by atoms with E-state index in [9.17, 15) is 4.79 Å². The molecule has 0 fully saturated rings. The van der Waals surface area contributed by atoms with Gasteiger partial charge in [0.1, 0.15) is 0 Å². The number of carbonyl (C=O) groups excluding carboxylic acids is 1. The molecule has 12 heavy (non-hydrogen) atoms. The van der Waals surface area contributed by atoms with Gasteiger partial charge < -0.3 is 20.6 Å². The topological polar surface area (TPSA) is 89.8 Å². The molecule has 0 aromatic rings. The Morgan fingerprint density at radius 2 is 2.08 bits per heavy atom. The first-order valence-corrected chi connectivity index (χ1v) is 3.56. The normalized spacial score (nSPS) is 18.1. The average molecular weight is 176 g/mol.